The lowest BCUT2D eigenvalue weighted by Crippen LogP contribution is -2.52. The Morgan fingerprint density at radius 1 is 1.40 bits per heavy atom. The first-order chi connectivity index (χ1) is 9.56. The lowest BCUT2D eigenvalue weighted by Gasteiger charge is -2.34. The number of hydrogen-bond acceptors (Lipinski definition) is 4. The van der Waals surface area contributed by atoms with Crippen LogP contribution in [0.2, 0.25) is 0 Å². The average molecular weight is 280 g/mol. The first-order valence-electron chi connectivity index (χ1n) is 7.04. The molecule has 20 heavy (non-hydrogen) atoms. The number of hydrogen-bond donors (Lipinski definition) is 1. The summed E-state index contributed by atoms with van der Waals surface area (Å²) in [5.74, 6) is -0.819. The molecule has 1 aliphatic rings. The molecule has 1 N–H and O–H groups in total. The van der Waals surface area contributed by atoms with Crippen molar-refractivity contribution >= 4 is 5.97 Å². The van der Waals surface area contributed by atoms with Gasteiger partial charge in [-0.25, -0.2) is 9.18 Å². The van der Waals surface area contributed by atoms with Crippen LogP contribution in [0.4, 0.5) is 4.39 Å². The smallest absolute Gasteiger partial charge is 0.332 e. The Morgan fingerprint density at radius 3 is 2.65 bits per heavy atom. The second-order valence-corrected chi connectivity index (χ2v) is 5.46. The van der Waals surface area contributed by atoms with Crippen LogP contribution in [0.3, 0.4) is 0 Å². The topological polar surface area (TPSA) is 51.2 Å². The van der Waals surface area contributed by atoms with Crippen molar-refractivity contribution in [3.05, 3.63) is 29.8 Å². The van der Waals surface area contributed by atoms with E-state index in [1.807, 2.05) is 0 Å². The molecule has 110 valence electrons. The number of methoxy groups -OCH3 is 1. The maximum Gasteiger partial charge on any atom is 0.332 e. The Labute approximate surface area is 118 Å². The second kappa shape index (κ2) is 6.31. The molecular weight excluding hydrogens is 259 g/mol. The molecule has 0 aliphatic heterocycles. The molecule has 1 fully saturated rings. The Morgan fingerprint density at radius 2 is 2.10 bits per heavy atom. The van der Waals surface area contributed by atoms with Crippen LogP contribution < -0.4 is 5.32 Å². The molecule has 1 aromatic heterocycles. The van der Waals surface area contributed by atoms with E-state index in [0.29, 0.717) is 5.69 Å². The van der Waals surface area contributed by atoms with Crippen LogP contribution in [0.1, 0.15) is 44.7 Å². The molecule has 1 saturated carbocycles. The number of esters is 1. The third-order valence-corrected chi connectivity index (χ3v) is 3.93. The van der Waals surface area contributed by atoms with Crippen LogP contribution in [-0.4, -0.2) is 24.1 Å². The third kappa shape index (κ3) is 3.15. The number of ether oxygens (including phenoxy) is 1. The summed E-state index contributed by atoms with van der Waals surface area (Å²) < 4.78 is 17.9. The predicted molar refractivity (Wildman–Crippen MR) is 73.6 cm³/mol. The first kappa shape index (κ1) is 14.9. The number of carbonyl (C=O) groups excluding carboxylic acids is 1. The van der Waals surface area contributed by atoms with Crippen LogP contribution >= 0.6 is 0 Å². The number of nitrogens with zero attached hydrogens (tertiary/aromatic N) is 1. The highest BCUT2D eigenvalue weighted by Crippen LogP contribution is 2.26. The van der Waals surface area contributed by atoms with Crippen molar-refractivity contribution in [3.8, 4) is 0 Å². The van der Waals surface area contributed by atoms with Crippen molar-refractivity contribution in [2.45, 2.75) is 50.6 Å². The van der Waals surface area contributed by atoms with E-state index in [-0.39, 0.29) is 6.04 Å². The minimum absolute atomic E-state index is 0.264. The van der Waals surface area contributed by atoms with E-state index in [9.17, 15) is 9.18 Å². The molecule has 0 bridgehead atoms. The molecule has 1 aromatic rings. The van der Waals surface area contributed by atoms with E-state index in [2.05, 4.69) is 10.3 Å². The fourth-order valence-corrected chi connectivity index (χ4v) is 2.77. The molecule has 4 nitrogen and oxygen atoms in total. The number of rotatable bonds is 4. The first-order valence-corrected chi connectivity index (χ1v) is 7.04. The van der Waals surface area contributed by atoms with Crippen molar-refractivity contribution in [2.75, 3.05) is 7.11 Å². The largest absolute Gasteiger partial charge is 0.467 e. The minimum atomic E-state index is -1.04. The van der Waals surface area contributed by atoms with Crippen molar-refractivity contribution in [2.24, 2.45) is 0 Å². The van der Waals surface area contributed by atoms with Gasteiger partial charge >= 0.3 is 5.97 Å². The molecule has 1 heterocycles. The van der Waals surface area contributed by atoms with Gasteiger partial charge in [0.05, 0.1) is 19.0 Å². The van der Waals surface area contributed by atoms with Gasteiger partial charge in [-0.1, -0.05) is 19.3 Å². The number of carbonyl (C=O) groups is 1. The number of halogens is 1. The molecule has 0 spiro atoms. The molecule has 2 rings (SSSR count). The Balaban J connectivity index is 2.24. The number of pyridine rings is 1. The zero-order valence-electron chi connectivity index (χ0n) is 12.0. The van der Waals surface area contributed by atoms with Crippen LogP contribution in [0.15, 0.2) is 18.3 Å². The number of aromatic nitrogens is 1. The summed E-state index contributed by atoms with van der Waals surface area (Å²) in [6.07, 6.45) is 6.75. The van der Waals surface area contributed by atoms with Crippen molar-refractivity contribution < 1.29 is 13.9 Å². The monoisotopic (exact) mass is 280 g/mol. The molecule has 1 unspecified atom stereocenters. The number of nitrogens with one attached hydrogen (secondary N) is 1. The Kier molecular flexibility index (Phi) is 4.70. The predicted octanol–water partition coefficient (Wildman–Crippen LogP) is 2.53. The van der Waals surface area contributed by atoms with Gasteiger partial charge in [0.2, 0.25) is 0 Å². The maximum atomic E-state index is 13.0. The quantitative estimate of drug-likeness (QED) is 0.861. The van der Waals surface area contributed by atoms with Gasteiger partial charge in [0, 0.05) is 6.04 Å². The van der Waals surface area contributed by atoms with Gasteiger partial charge in [-0.2, -0.15) is 0 Å². The van der Waals surface area contributed by atoms with Crippen molar-refractivity contribution in [1.82, 2.24) is 10.3 Å². The summed E-state index contributed by atoms with van der Waals surface area (Å²) in [6, 6.07) is 3.11. The van der Waals surface area contributed by atoms with Gasteiger partial charge in [0.25, 0.3) is 0 Å². The van der Waals surface area contributed by atoms with Crippen molar-refractivity contribution in [1.29, 1.82) is 0 Å². The van der Waals surface area contributed by atoms with Gasteiger partial charge < -0.3 is 4.74 Å². The normalized spacial score (nSPS) is 19.4. The van der Waals surface area contributed by atoms with Gasteiger partial charge in [-0.15, -0.1) is 0 Å². The van der Waals surface area contributed by atoms with E-state index in [0.717, 1.165) is 31.9 Å². The fraction of sp³-hybridized carbons (Fsp3) is 0.600. The summed E-state index contributed by atoms with van der Waals surface area (Å²) in [5.41, 5.74) is -0.555. The highest BCUT2D eigenvalue weighted by atomic mass is 19.1. The lowest BCUT2D eigenvalue weighted by atomic mass is 9.90. The average Bonchev–Trinajstić information content (AvgIpc) is 2.48. The minimum Gasteiger partial charge on any atom is -0.467 e. The molecular formula is C15H21FN2O2. The Hall–Kier alpha value is -1.49. The highest BCUT2D eigenvalue weighted by Gasteiger charge is 2.39. The van der Waals surface area contributed by atoms with Gasteiger partial charge in [-0.05, 0) is 31.9 Å². The van der Waals surface area contributed by atoms with E-state index in [1.54, 1.807) is 6.92 Å². The molecule has 0 radical (unpaired) electrons. The summed E-state index contributed by atoms with van der Waals surface area (Å²) in [5, 5.41) is 3.36. The lowest BCUT2D eigenvalue weighted by molar-refractivity contribution is -0.149. The zero-order valence-corrected chi connectivity index (χ0v) is 12.0. The summed E-state index contributed by atoms with van der Waals surface area (Å²) in [7, 11) is 1.35. The molecule has 5 heteroatoms. The molecule has 1 aliphatic carbocycles. The second-order valence-electron chi connectivity index (χ2n) is 5.46. The van der Waals surface area contributed by atoms with Gasteiger partial charge in [-0.3, -0.25) is 10.3 Å². The van der Waals surface area contributed by atoms with Crippen molar-refractivity contribution in [3.63, 3.8) is 0 Å². The van der Waals surface area contributed by atoms with E-state index in [1.165, 1.54) is 25.7 Å². The highest BCUT2D eigenvalue weighted by molar-refractivity contribution is 5.81. The van der Waals surface area contributed by atoms with Crippen LogP contribution in [-0.2, 0) is 15.1 Å². The molecule has 0 saturated heterocycles. The van der Waals surface area contributed by atoms with Crippen LogP contribution in [0.25, 0.3) is 0 Å². The molecule has 0 amide bonds. The standard InChI is InChI=1S/C15H21FN2O2/c1-15(14(19)20-2,13-9-8-11(16)10-17-13)18-12-6-4-3-5-7-12/h8-10,12,18H,3-7H2,1-2H3. The van der Waals surface area contributed by atoms with Gasteiger partial charge in [0.1, 0.15) is 5.82 Å². The summed E-state index contributed by atoms with van der Waals surface area (Å²) >= 11 is 0. The third-order valence-electron chi connectivity index (χ3n) is 3.93. The van der Waals surface area contributed by atoms with E-state index in [4.69, 9.17) is 4.74 Å². The van der Waals surface area contributed by atoms with E-state index >= 15 is 0 Å². The molecule has 1 atom stereocenters. The van der Waals surface area contributed by atoms with Gasteiger partial charge in [0.15, 0.2) is 5.54 Å². The maximum absolute atomic E-state index is 13.0. The summed E-state index contributed by atoms with van der Waals surface area (Å²) in [4.78, 5) is 16.2. The van der Waals surface area contributed by atoms with Crippen LogP contribution in [0.5, 0.6) is 0 Å². The van der Waals surface area contributed by atoms with Crippen LogP contribution in [0, 0.1) is 5.82 Å². The molecule has 0 aromatic carbocycles. The zero-order chi connectivity index (χ0) is 14.6. The Bertz CT molecular complexity index is 457. The van der Waals surface area contributed by atoms with E-state index < -0.39 is 17.3 Å². The SMILES string of the molecule is COC(=O)C(C)(NC1CCCCC1)c1ccc(F)cn1. The summed E-state index contributed by atoms with van der Waals surface area (Å²) in [6.45, 7) is 1.74. The fourth-order valence-electron chi connectivity index (χ4n) is 2.77.